The Kier molecular flexibility index (Phi) is 3.45. The van der Waals surface area contributed by atoms with Gasteiger partial charge in [-0.2, -0.15) is 5.10 Å². The summed E-state index contributed by atoms with van der Waals surface area (Å²) in [7, 11) is 0. The van der Waals surface area contributed by atoms with Gasteiger partial charge in [0.25, 0.3) is 0 Å². The lowest BCUT2D eigenvalue weighted by atomic mass is 10.6. The normalized spacial score (nSPS) is 10.8. The highest BCUT2D eigenvalue weighted by atomic mass is 79.9. The van der Waals surface area contributed by atoms with Crippen LogP contribution in [-0.2, 0) is 6.54 Å². The summed E-state index contributed by atoms with van der Waals surface area (Å²) in [6.07, 6.45) is 3.59. The first-order valence-corrected chi connectivity index (χ1v) is 6.14. The zero-order valence-electron chi connectivity index (χ0n) is 8.14. The molecule has 1 N–H and O–H groups in total. The van der Waals surface area contributed by atoms with Crippen molar-refractivity contribution < 1.29 is 0 Å². The molecule has 2 aromatic rings. The van der Waals surface area contributed by atoms with Gasteiger partial charge in [-0.3, -0.25) is 0 Å². The van der Waals surface area contributed by atoms with Gasteiger partial charge < -0.3 is 5.32 Å². The van der Waals surface area contributed by atoms with Crippen LogP contribution in [0, 0.1) is 0 Å². The Balaban J connectivity index is 2.13. The fraction of sp³-hybridized carbons (Fsp3) is 0.375. The van der Waals surface area contributed by atoms with E-state index in [1.165, 1.54) is 11.3 Å². The van der Waals surface area contributed by atoms with Crippen LogP contribution in [0.15, 0.2) is 16.9 Å². The van der Waals surface area contributed by atoms with Gasteiger partial charge in [-0.25, -0.2) is 4.68 Å². The largest absolute Gasteiger partial charge is 0.311 e. The number of halogens is 1. The molecule has 0 saturated carbocycles. The maximum absolute atomic E-state index is 4.14. The van der Waals surface area contributed by atoms with E-state index in [-0.39, 0.29) is 0 Å². The molecule has 0 radical (unpaired) electrons. The number of nitrogens with one attached hydrogen (secondary N) is 1. The van der Waals surface area contributed by atoms with Gasteiger partial charge >= 0.3 is 0 Å². The summed E-state index contributed by atoms with van der Waals surface area (Å²) in [6.45, 7) is 3.76. The second-order valence-electron chi connectivity index (χ2n) is 2.86. The minimum absolute atomic E-state index is 0.761. The molecule has 80 valence electrons. The molecule has 7 heteroatoms. The quantitative estimate of drug-likeness (QED) is 0.928. The maximum Gasteiger partial charge on any atom is 0.232 e. The first-order chi connectivity index (χ1) is 7.29. The third-order valence-electron chi connectivity index (χ3n) is 1.73. The van der Waals surface area contributed by atoms with E-state index in [0.717, 1.165) is 27.7 Å². The third-order valence-corrected chi connectivity index (χ3v) is 3.05. The molecule has 0 bridgehead atoms. The molecule has 0 aliphatic rings. The number of hydrogen-bond donors (Lipinski definition) is 1. The lowest BCUT2D eigenvalue weighted by Gasteiger charge is -1.93. The van der Waals surface area contributed by atoms with E-state index in [2.05, 4.69) is 43.5 Å². The van der Waals surface area contributed by atoms with Gasteiger partial charge in [0.15, 0.2) is 0 Å². The van der Waals surface area contributed by atoms with E-state index < -0.39 is 0 Å². The SMILES string of the molecule is CCNCc1nnc(-n2cc(Br)cn2)s1. The van der Waals surface area contributed by atoms with Crippen LogP contribution in [0.1, 0.15) is 11.9 Å². The van der Waals surface area contributed by atoms with Crippen LogP contribution in [0.4, 0.5) is 0 Å². The maximum atomic E-state index is 4.14. The highest BCUT2D eigenvalue weighted by Gasteiger charge is 2.06. The second-order valence-corrected chi connectivity index (χ2v) is 4.82. The summed E-state index contributed by atoms with van der Waals surface area (Å²) < 4.78 is 2.64. The molecule has 0 saturated heterocycles. The molecule has 0 unspecified atom stereocenters. The highest BCUT2D eigenvalue weighted by Crippen LogP contribution is 2.16. The molecule has 0 amide bonds. The Morgan fingerprint density at radius 1 is 1.53 bits per heavy atom. The summed E-state index contributed by atoms with van der Waals surface area (Å²) >= 11 is 4.87. The Labute approximate surface area is 99.7 Å². The topological polar surface area (TPSA) is 55.6 Å². The summed E-state index contributed by atoms with van der Waals surface area (Å²) in [5, 5.41) is 17.2. The number of nitrogens with zero attached hydrogens (tertiary/aromatic N) is 4. The van der Waals surface area contributed by atoms with Crippen molar-refractivity contribution in [2.45, 2.75) is 13.5 Å². The summed E-state index contributed by atoms with van der Waals surface area (Å²) in [6, 6.07) is 0. The van der Waals surface area contributed by atoms with E-state index in [9.17, 15) is 0 Å². The van der Waals surface area contributed by atoms with Gasteiger partial charge in [0, 0.05) is 12.7 Å². The minimum atomic E-state index is 0.761. The zero-order valence-corrected chi connectivity index (χ0v) is 10.5. The fourth-order valence-corrected chi connectivity index (χ4v) is 2.07. The molecule has 5 nitrogen and oxygen atoms in total. The molecule has 0 fully saturated rings. The van der Waals surface area contributed by atoms with Crippen LogP contribution in [0.2, 0.25) is 0 Å². The summed E-state index contributed by atoms with van der Waals surface area (Å²) in [5.74, 6) is 0. The monoisotopic (exact) mass is 287 g/mol. The average molecular weight is 288 g/mol. The Hall–Kier alpha value is -0.790. The van der Waals surface area contributed by atoms with Crippen molar-refractivity contribution in [3.63, 3.8) is 0 Å². The van der Waals surface area contributed by atoms with Crippen molar-refractivity contribution in [2.24, 2.45) is 0 Å². The summed E-state index contributed by atoms with van der Waals surface area (Å²) in [5.41, 5.74) is 0. The number of aromatic nitrogens is 4. The van der Waals surface area contributed by atoms with E-state index in [1.807, 2.05) is 6.20 Å². The smallest absolute Gasteiger partial charge is 0.232 e. The van der Waals surface area contributed by atoms with Crippen molar-refractivity contribution in [3.8, 4) is 5.13 Å². The van der Waals surface area contributed by atoms with Crippen molar-refractivity contribution >= 4 is 27.3 Å². The molecular weight excluding hydrogens is 278 g/mol. The van der Waals surface area contributed by atoms with E-state index in [0.29, 0.717) is 0 Å². The Morgan fingerprint density at radius 3 is 3.07 bits per heavy atom. The molecule has 0 aromatic carbocycles. The summed E-state index contributed by atoms with van der Waals surface area (Å²) in [4.78, 5) is 0. The van der Waals surface area contributed by atoms with Gasteiger partial charge in [0.2, 0.25) is 5.13 Å². The van der Waals surface area contributed by atoms with Crippen LogP contribution in [-0.4, -0.2) is 26.5 Å². The van der Waals surface area contributed by atoms with Crippen LogP contribution < -0.4 is 5.32 Å². The van der Waals surface area contributed by atoms with Gasteiger partial charge in [-0.05, 0) is 22.5 Å². The van der Waals surface area contributed by atoms with Gasteiger partial charge in [0.05, 0.1) is 10.7 Å². The van der Waals surface area contributed by atoms with Gasteiger partial charge in [-0.1, -0.05) is 18.3 Å². The van der Waals surface area contributed by atoms with E-state index >= 15 is 0 Å². The predicted octanol–water partition coefficient (Wildman–Crippen LogP) is 1.60. The van der Waals surface area contributed by atoms with Crippen LogP contribution >= 0.6 is 27.3 Å². The van der Waals surface area contributed by atoms with Gasteiger partial charge in [-0.15, -0.1) is 10.2 Å². The molecule has 2 rings (SSSR count). The third kappa shape index (κ3) is 2.61. The van der Waals surface area contributed by atoms with Crippen molar-refractivity contribution in [1.29, 1.82) is 0 Å². The Bertz CT molecular complexity index is 438. The first-order valence-electron chi connectivity index (χ1n) is 4.53. The highest BCUT2D eigenvalue weighted by molar-refractivity contribution is 9.10. The Morgan fingerprint density at radius 2 is 2.40 bits per heavy atom. The standard InChI is InChI=1S/C8H10BrN5S/c1-2-10-4-7-12-13-8(15-7)14-5-6(9)3-11-14/h3,5,10H,2,4H2,1H3. The van der Waals surface area contributed by atoms with E-state index in [4.69, 9.17) is 0 Å². The molecule has 0 atom stereocenters. The van der Waals surface area contributed by atoms with Gasteiger partial charge in [0.1, 0.15) is 5.01 Å². The second kappa shape index (κ2) is 4.82. The molecule has 2 heterocycles. The average Bonchev–Trinajstić information content (AvgIpc) is 2.83. The lowest BCUT2D eigenvalue weighted by molar-refractivity contribution is 0.713. The van der Waals surface area contributed by atoms with Crippen molar-refractivity contribution in [2.75, 3.05) is 6.54 Å². The lowest BCUT2D eigenvalue weighted by Crippen LogP contribution is -2.11. The first kappa shape index (κ1) is 10.7. The molecule has 0 spiro atoms. The van der Waals surface area contributed by atoms with Crippen LogP contribution in [0.5, 0.6) is 0 Å². The molecular formula is C8H10BrN5S. The van der Waals surface area contributed by atoms with Crippen LogP contribution in [0.3, 0.4) is 0 Å². The fourth-order valence-electron chi connectivity index (χ4n) is 1.05. The molecule has 0 aliphatic heterocycles. The number of rotatable bonds is 4. The van der Waals surface area contributed by atoms with Crippen molar-refractivity contribution in [1.82, 2.24) is 25.3 Å². The zero-order chi connectivity index (χ0) is 10.7. The van der Waals surface area contributed by atoms with E-state index in [1.54, 1.807) is 10.9 Å². The molecule has 2 aromatic heterocycles. The minimum Gasteiger partial charge on any atom is -0.311 e. The molecule has 0 aliphatic carbocycles. The van der Waals surface area contributed by atoms with Crippen molar-refractivity contribution in [3.05, 3.63) is 21.9 Å². The molecule has 15 heavy (non-hydrogen) atoms. The van der Waals surface area contributed by atoms with Crippen LogP contribution in [0.25, 0.3) is 5.13 Å². The predicted molar refractivity (Wildman–Crippen MR) is 62.1 cm³/mol. The number of hydrogen-bond acceptors (Lipinski definition) is 5.